The molecule has 0 saturated carbocycles. The van der Waals surface area contributed by atoms with Gasteiger partial charge in [0.2, 0.25) is 0 Å². The van der Waals surface area contributed by atoms with Gasteiger partial charge >= 0.3 is 0 Å². The summed E-state index contributed by atoms with van der Waals surface area (Å²) in [7, 11) is 1.79. The second-order valence-corrected chi connectivity index (χ2v) is 4.41. The Balaban J connectivity index is 2.05. The Morgan fingerprint density at radius 1 is 1.48 bits per heavy atom. The van der Waals surface area contributed by atoms with E-state index in [1.807, 2.05) is 6.07 Å². The molecule has 0 bridgehead atoms. The molecule has 2 N–H and O–H groups in total. The van der Waals surface area contributed by atoms with E-state index in [1.165, 1.54) is 6.07 Å². The van der Waals surface area contributed by atoms with Crippen LogP contribution in [0.1, 0.15) is 16.1 Å². The van der Waals surface area contributed by atoms with E-state index in [9.17, 15) is 20.0 Å². The van der Waals surface area contributed by atoms with Crippen molar-refractivity contribution in [3.8, 4) is 5.75 Å². The highest BCUT2D eigenvalue weighted by Crippen LogP contribution is 2.23. The molecule has 2 rings (SSSR count). The van der Waals surface area contributed by atoms with Crippen LogP contribution in [-0.2, 0) is 13.5 Å². The summed E-state index contributed by atoms with van der Waals surface area (Å²) in [5, 5.41) is 26.8. The van der Waals surface area contributed by atoms with Crippen molar-refractivity contribution in [2.24, 2.45) is 7.05 Å². The molecule has 1 heterocycles. The third-order valence-corrected chi connectivity index (χ3v) is 3.01. The number of carbonyl (C=O) groups excluding carboxylic acids is 1. The number of aryl methyl sites for hydroxylation is 1. The first-order valence-electron chi connectivity index (χ1n) is 6.21. The fourth-order valence-corrected chi connectivity index (χ4v) is 1.91. The minimum atomic E-state index is -0.657. The number of aromatic hydroxyl groups is 1. The first-order chi connectivity index (χ1) is 9.99. The number of phenols is 1. The maximum Gasteiger partial charge on any atom is 0.282 e. The molecule has 2 aromatic rings. The van der Waals surface area contributed by atoms with Gasteiger partial charge in [-0.3, -0.25) is 19.6 Å². The topological polar surface area (TPSA) is 110 Å². The molecule has 1 amide bonds. The van der Waals surface area contributed by atoms with Gasteiger partial charge in [0.1, 0.15) is 11.3 Å². The van der Waals surface area contributed by atoms with Crippen LogP contribution in [0.5, 0.6) is 5.75 Å². The van der Waals surface area contributed by atoms with E-state index in [4.69, 9.17) is 0 Å². The van der Waals surface area contributed by atoms with Crippen LogP contribution in [0, 0.1) is 10.1 Å². The summed E-state index contributed by atoms with van der Waals surface area (Å²) in [6.07, 6.45) is 2.20. The molecule has 8 nitrogen and oxygen atoms in total. The van der Waals surface area contributed by atoms with Crippen LogP contribution >= 0.6 is 0 Å². The second kappa shape index (κ2) is 6.04. The van der Waals surface area contributed by atoms with Gasteiger partial charge in [0.25, 0.3) is 11.6 Å². The molecule has 110 valence electrons. The number of hydrogen-bond donors (Lipinski definition) is 2. The molecular weight excluding hydrogens is 276 g/mol. The van der Waals surface area contributed by atoms with Crippen LogP contribution in [0.4, 0.5) is 5.69 Å². The third-order valence-electron chi connectivity index (χ3n) is 3.01. The van der Waals surface area contributed by atoms with Crippen molar-refractivity contribution in [2.45, 2.75) is 6.42 Å². The van der Waals surface area contributed by atoms with E-state index in [2.05, 4.69) is 10.4 Å². The number of benzene rings is 1. The highest BCUT2D eigenvalue weighted by Gasteiger charge is 2.20. The molecule has 0 aliphatic rings. The fraction of sp³-hybridized carbons (Fsp3) is 0.231. The van der Waals surface area contributed by atoms with Gasteiger partial charge in [-0.2, -0.15) is 5.10 Å². The monoisotopic (exact) mass is 290 g/mol. The van der Waals surface area contributed by atoms with Crippen LogP contribution in [0.2, 0.25) is 0 Å². The molecule has 0 atom stereocenters. The van der Waals surface area contributed by atoms with Gasteiger partial charge in [-0.1, -0.05) is 0 Å². The van der Waals surface area contributed by atoms with Gasteiger partial charge < -0.3 is 10.4 Å². The maximum atomic E-state index is 12.0. The van der Waals surface area contributed by atoms with Crippen molar-refractivity contribution in [1.82, 2.24) is 15.1 Å². The number of aromatic nitrogens is 2. The van der Waals surface area contributed by atoms with E-state index in [0.29, 0.717) is 13.0 Å². The Kier molecular flexibility index (Phi) is 4.17. The summed E-state index contributed by atoms with van der Waals surface area (Å²) in [5.41, 5.74) is 0.427. The first kappa shape index (κ1) is 14.5. The lowest BCUT2D eigenvalue weighted by atomic mass is 10.1. The number of phenolic OH excluding ortho intramolecular Hbond substituents is 1. The highest BCUT2D eigenvalue weighted by atomic mass is 16.6. The Hall–Kier alpha value is -2.90. The minimum Gasteiger partial charge on any atom is -0.508 e. The molecule has 0 saturated heterocycles. The second-order valence-electron chi connectivity index (χ2n) is 4.41. The predicted molar refractivity (Wildman–Crippen MR) is 74.0 cm³/mol. The summed E-state index contributed by atoms with van der Waals surface area (Å²) in [4.78, 5) is 22.2. The van der Waals surface area contributed by atoms with Crippen LogP contribution < -0.4 is 5.32 Å². The van der Waals surface area contributed by atoms with Gasteiger partial charge in [0.05, 0.1) is 4.92 Å². The lowest BCUT2D eigenvalue weighted by Crippen LogP contribution is -2.26. The number of rotatable bonds is 5. The fourth-order valence-electron chi connectivity index (χ4n) is 1.91. The lowest BCUT2D eigenvalue weighted by Gasteiger charge is -2.06. The van der Waals surface area contributed by atoms with Gasteiger partial charge in [0, 0.05) is 38.0 Å². The molecule has 1 aromatic heterocycles. The van der Waals surface area contributed by atoms with Crippen molar-refractivity contribution < 1.29 is 14.8 Å². The minimum absolute atomic E-state index is 0.162. The zero-order valence-corrected chi connectivity index (χ0v) is 11.3. The molecular formula is C13H14N4O4. The largest absolute Gasteiger partial charge is 0.508 e. The molecule has 0 fully saturated rings. The zero-order chi connectivity index (χ0) is 15.4. The summed E-state index contributed by atoms with van der Waals surface area (Å²) in [6, 6.07) is 5.18. The number of nitrogens with zero attached hydrogens (tertiary/aromatic N) is 3. The number of hydrogen-bond acceptors (Lipinski definition) is 5. The highest BCUT2D eigenvalue weighted by molar-refractivity contribution is 5.98. The number of nitrogens with one attached hydrogen (secondary N) is 1. The smallest absolute Gasteiger partial charge is 0.282 e. The Bertz CT molecular complexity index is 681. The van der Waals surface area contributed by atoms with Gasteiger partial charge in [0.15, 0.2) is 0 Å². The van der Waals surface area contributed by atoms with E-state index < -0.39 is 10.8 Å². The summed E-state index contributed by atoms with van der Waals surface area (Å²) >= 11 is 0. The molecule has 0 aliphatic carbocycles. The standard InChI is InChI=1S/C13H14N4O4/c1-16-9(5-7-15-16)4-6-14-13(19)11-8-10(18)2-3-12(11)17(20)21/h2-3,5,7-8,18H,4,6H2,1H3,(H,14,19). The molecule has 0 unspecified atom stereocenters. The third kappa shape index (κ3) is 3.35. The van der Waals surface area contributed by atoms with Gasteiger partial charge in [-0.25, -0.2) is 0 Å². The average Bonchev–Trinajstić information content (AvgIpc) is 2.84. The first-order valence-corrected chi connectivity index (χ1v) is 6.21. The van der Waals surface area contributed by atoms with E-state index in [-0.39, 0.29) is 17.0 Å². The van der Waals surface area contributed by atoms with Crippen LogP contribution in [-0.4, -0.2) is 32.3 Å². The van der Waals surface area contributed by atoms with E-state index >= 15 is 0 Å². The van der Waals surface area contributed by atoms with Crippen molar-refractivity contribution in [1.29, 1.82) is 0 Å². The SMILES string of the molecule is Cn1nccc1CCNC(=O)c1cc(O)ccc1[N+](=O)[O-]. The molecule has 21 heavy (non-hydrogen) atoms. The van der Waals surface area contributed by atoms with E-state index in [0.717, 1.165) is 17.8 Å². The number of carbonyl (C=O) groups is 1. The summed E-state index contributed by atoms with van der Waals surface area (Å²) in [6.45, 7) is 0.311. The number of nitro benzene ring substituents is 1. The van der Waals surface area contributed by atoms with Gasteiger partial charge in [-0.05, 0) is 18.2 Å². The predicted octanol–water partition coefficient (Wildman–Crippen LogP) is 1.01. The molecule has 0 radical (unpaired) electrons. The molecule has 0 spiro atoms. The zero-order valence-electron chi connectivity index (χ0n) is 11.3. The number of amides is 1. The maximum absolute atomic E-state index is 12.0. The average molecular weight is 290 g/mol. The van der Waals surface area contributed by atoms with Gasteiger partial charge in [-0.15, -0.1) is 0 Å². The van der Waals surface area contributed by atoms with Crippen LogP contribution in [0.15, 0.2) is 30.5 Å². The molecule has 1 aromatic carbocycles. The number of nitro groups is 1. The Morgan fingerprint density at radius 2 is 2.24 bits per heavy atom. The van der Waals surface area contributed by atoms with Crippen LogP contribution in [0.25, 0.3) is 0 Å². The Labute approximate surface area is 120 Å². The lowest BCUT2D eigenvalue weighted by molar-refractivity contribution is -0.385. The Morgan fingerprint density at radius 3 is 2.86 bits per heavy atom. The molecule has 0 aliphatic heterocycles. The van der Waals surface area contributed by atoms with Crippen molar-refractivity contribution in [2.75, 3.05) is 6.54 Å². The van der Waals surface area contributed by atoms with Crippen molar-refractivity contribution in [3.05, 3.63) is 51.8 Å². The quantitative estimate of drug-likeness (QED) is 0.630. The summed E-state index contributed by atoms with van der Waals surface area (Å²) in [5.74, 6) is -0.794. The van der Waals surface area contributed by atoms with Crippen molar-refractivity contribution in [3.63, 3.8) is 0 Å². The van der Waals surface area contributed by atoms with Crippen molar-refractivity contribution >= 4 is 11.6 Å². The van der Waals surface area contributed by atoms with E-state index in [1.54, 1.807) is 17.9 Å². The summed E-state index contributed by atoms with van der Waals surface area (Å²) < 4.78 is 1.68. The van der Waals surface area contributed by atoms with Crippen LogP contribution in [0.3, 0.4) is 0 Å². The molecule has 8 heteroatoms. The normalized spacial score (nSPS) is 10.3.